The Morgan fingerprint density at radius 3 is 3.00 bits per heavy atom. The van der Waals surface area contributed by atoms with Crippen LogP contribution in [0.15, 0.2) is 57.9 Å². The maximum absolute atomic E-state index is 6.05. The lowest BCUT2D eigenvalue weighted by Gasteiger charge is -2.25. The van der Waals surface area contributed by atoms with Crippen LogP contribution < -0.4 is 5.32 Å². The molecule has 3 aliphatic rings. The van der Waals surface area contributed by atoms with Crippen LogP contribution in [-0.2, 0) is 18.9 Å². The molecule has 0 bridgehead atoms. The summed E-state index contributed by atoms with van der Waals surface area (Å²) in [4.78, 5) is 8.67. The van der Waals surface area contributed by atoms with Gasteiger partial charge in [-0.3, -0.25) is 4.99 Å². The summed E-state index contributed by atoms with van der Waals surface area (Å²) in [5.74, 6) is 0.931. The largest absolute Gasteiger partial charge is 0.494 e. The quantitative estimate of drug-likeness (QED) is 0.380. The smallest absolute Gasteiger partial charge is 0.148 e. The lowest BCUT2D eigenvalue weighted by Crippen LogP contribution is -2.31. The Morgan fingerprint density at radius 2 is 2.21 bits per heavy atom. The van der Waals surface area contributed by atoms with Gasteiger partial charge in [0.2, 0.25) is 0 Å². The minimum atomic E-state index is -0.298. The average molecular weight is 408 g/mol. The molecule has 1 aliphatic carbocycles. The predicted molar refractivity (Wildman–Crippen MR) is 109 cm³/mol. The standard InChI is InChI=1S/C20H26ClN3O4/c1-2-19-20(27-14-26-19)18(11-21)24-13-22-12-23-15-4-3-5-17(10-15)28-16-6-8-25-9-7-16/h2-5,11-12,16,19-20,24H,1,6-10,13-14H2/b18-11-,22-12-,23-15?. The first kappa shape index (κ1) is 20.8. The predicted octanol–water partition coefficient (Wildman–Crippen LogP) is 3.05. The Hall–Kier alpha value is -1.93. The molecule has 0 saturated carbocycles. The molecule has 2 unspecified atom stereocenters. The topological polar surface area (TPSA) is 73.7 Å². The van der Waals surface area contributed by atoms with Gasteiger partial charge in [0.1, 0.15) is 43.9 Å². The molecule has 0 aromatic heterocycles. The molecule has 152 valence electrons. The van der Waals surface area contributed by atoms with Gasteiger partial charge < -0.3 is 24.3 Å². The molecule has 0 radical (unpaired) electrons. The maximum atomic E-state index is 6.05. The molecule has 2 fully saturated rings. The van der Waals surface area contributed by atoms with Crippen LogP contribution >= 0.6 is 11.6 Å². The van der Waals surface area contributed by atoms with E-state index in [2.05, 4.69) is 21.9 Å². The number of nitrogens with zero attached hydrogens (tertiary/aromatic N) is 2. The Kier molecular flexibility index (Phi) is 8.29. The Morgan fingerprint density at radius 1 is 1.36 bits per heavy atom. The van der Waals surface area contributed by atoms with Gasteiger partial charge in [0.05, 0.1) is 18.9 Å². The summed E-state index contributed by atoms with van der Waals surface area (Å²) < 4.78 is 22.3. The number of halogens is 1. The van der Waals surface area contributed by atoms with Crippen LogP contribution in [0.4, 0.5) is 0 Å². The molecule has 2 saturated heterocycles. The SMILES string of the molecule is C=CC1OCOC1/C(=C/Cl)NC/N=C\N=C1C=CC=C(OC2CCOCC2)C1. The van der Waals surface area contributed by atoms with E-state index in [1.807, 2.05) is 18.2 Å². The lowest BCUT2D eigenvalue weighted by molar-refractivity contribution is -0.00454. The van der Waals surface area contributed by atoms with Crippen LogP contribution in [-0.4, -0.2) is 57.0 Å². The molecule has 8 heteroatoms. The van der Waals surface area contributed by atoms with E-state index >= 15 is 0 Å². The minimum absolute atomic E-state index is 0.215. The molecular formula is C20H26ClN3O4. The second-order valence-electron chi connectivity index (χ2n) is 6.49. The minimum Gasteiger partial charge on any atom is -0.494 e. The van der Waals surface area contributed by atoms with Gasteiger partial charge >= 0.3 is 0 Å². The second-order valence-corrected chi connectivity index (χ2v) is 6.71. The molecule has 0 amide bonds. The molecular weight excluding hydrogens is 382 g/mol. The summed E-state index contributed by atoms with van der Waals surface area (Å²) in [6.45, 7) is 5.80. The van der Waals surface area contributed by atoms with Crippen LogP contribution in [0, 0.1) is 0 Å². The van der Waals surface area contributed by atoms with Crippen LogP contribution in [0.3, 0.4) is 0 Å². The van der Waals surface area contributed by atoms with Gasteiger partial charge in [-0.05, 0) is 12.2 Å². The van der Waals surface area contributed by atoms with Crippen molar-refractivity contribution in [2.75, 3.05) is 26.7 Å². The summed E-state index contributed by atoms with van der Waals surface area (Å²) in [6.07, 6.45) is 11.3. The van der Waals surface area contributed by atoms with E-state index in [9.17, 15) is 0 Å². The van der Waals surface area contributed by atoms with E-state index in [1.165, 1.54) is 11.9 Å². The van der Waals surface area contributed by atoms with Crippen LogP contribution in [0.2, 0.25) is 0 Å². The van der Waals surface area contributed by atoms with Crippen molar-refractivity contribution in [1.82, 2.24) is 5.32 Å². The van der Waals surface area contributed by atoms with E-state index in [4.69, 9.17) is 30.5 Å². The van der Waals surface area contributed by atoms with E-state index in [1.54, 1.807) is 6.08 Å². The van der Waals surface area contributed by atoms with Crippen molar-refractivity contribution in [3.63, 3.8) is 0 Å². The van der Waals surface area contributed by atoms with Crippen molar-refractivity contribution in [2.24, 2.45) is 9.98 Å². The molecule has 1 N–H and O–H groups in total. The van der Waals surface area contributed by atoms with Crippen molar-refractivity contribution < 1.29 is 18.9 Å². The van der Waals surface area contributed by atoms with Gasteiger partial charge in [0.25, 0.3) is 0 Å². The Bertz CT molecular complexity index is 681. The summed E-state index contributed by atoms with van der Waals surface area (Å²) >= 11 is 5.89. The lowest BCUT2D eigenvalue weighted by atomic mass is 10.1. The fraction of sp³-hybridized carbons (Fsp3) is 0.500. The highest BCUT2D eigenvalue weighted by Gasteiger charge is 2.29. The molecule has 7 nitrogen and oxygen atoms in total. The van der Waals surface area contributed by atoms with Gasteiger partial charge in [0.15, 0.2) is 0 Å². The Balaban J connectivity index is 1.43. The zero-order valence-electron chi connectivity index (χ0n) is 15.8. The van der Waals surface area contributed by atoms with Gasteiger partial charge in [0, 0.05) is 30.5 Å². The number of aliphatic imine (C=N–C) groups is 2. The summed E-state index contributed by atoms with van der Waals surface area (Å²) in [5, 5.41) is 3.12. The first-order chi connectivity index (χ1) is 13.8. The highest BCUT2D eigenvalue weighted by Crippen LogP contribution is 2.21. The third kappa shape index (κ3) is 6.04. The third-order valence-corrected chi connectivity index (χ3v) is 4.79. The molecule has 28 heavy (non-hydrogen) atoms. The molecule has 2 heterocycles. The number of allylic oxidation sites excluding steroid dienone is 4. The van der Waals surface area contributed by atoms with Crippen molar-refractivity contribution >= 4 is 23.7 Å². The van der Waals surface area contributed by atoms with E-state index in [0.717, 1.165) is 37.5 Å². The number of hydrogen-bond donors (Lipinski definition) is 1. The summed E-state index contributed by atoms with van der Waals surface area (Å²) in [7, 11) is 0. The van der Waals surface area contributed by atoms with Crippen molar-refractivity contribution in [2.45, 2.75) is 37.6 Å². The van der Waals surface area contributed by atoms with Crippen molar-refractivity contribution in [3.05, 3.63) is 47.9 Å². The molecule has 2 atom stereocenters. The van der Waals surface area contributed by atoms with Crippen LogP contribution in [0.5, 0.6) is 0 Å². The zero-order valence-corrected chi connectivity index (χ0v) is 16.5. The number of nitrogens with one attached hydrogen (secondary N) is 1. The van der Waals surface area contributed by atoms with Crippen LogP contribution in [0.1, 0.15) is 19.3 Å². The van der Waals surface area contributed by atoms with E-state index in [0.29, 0.717) is 18.8 Å². The molecule has 0 aromatic carbocycles. The van der Waals surface area contributed by atoms with E-state index in [-0.39, 0.29) is 25.1 Å². The fourth-order valence-corrected chi connectivity index (χ4v) is 3.27. The monoisotopic (exact) mass is 407 g/mol. The van der Waals surface area contributed by atoms with Crippen molar-refractivity contribution in [1.29, 1.82) is 0 Å². The van der Waals surface area contributed by atoms with Gasteiger partial charge in [-0.2, -0.15) is 0 Å². The fourth-order valence-electron chi connectivity index (χ4n) is 3.07. The summed E-state index contributed by atoms with van der Waals surface area (Å²) in [5.41, 5.74) is 3.04. The average Bonchev–Trinajstić information content (AvgIpc) is 3.20. The van der Waals surface area contributed by atoms with Gasteiger partial charge in [-0.25, -0.2) is 4.99 Å². The third-order valence-electron chi connectivity index (χ3n) is 4.55. The first-order valence-corrected chi connectivity index (χ1v) is 9.80. The zero-order chi connectivity index (χ0) is 19.6. The first-order valence-electron chi connectivity index (χ1n) is 9.36. The normalized spacial score (nSPS) is 28.0. The molecule has 0 spiro atoms. The van der Waals surface area contributed by atoms with Gasteiger partial charge in [-0.1, -0.05) is 23.8 Å². The number of rotatable bonds is 8. The number of ether oxygens (including phenoxy) is 4. The highest BCUT2D eigenvalue weighted by atomic mass is 35.5. The number of hydrogen-bond acceptors (Lipinski definition) is 6. The Labute approximate surface area is 170 Å². The van der Waals surface area contributed by atoms with E-state index < -0.39 is 0 Å². The maximum Gasteiger partial charge on any atom is 0.148 e. The summed E-state index contributed by atoms with van der Waals surface area (Å²) in [6, 6.07) is 0. The van der Waals surface area contributed by atoms with Crippen molar-refractivity contribution in [3.8, 4) is 0 Å². The molecule has 0 aromatic rings. The van der Waals surface area contributed by atoms with Crippen LogP contribution in [0.25, 0.3) is 0 Å². The molecule has 3 rings (SSSR count). The highest BCUT2D eigenvalue weighted by molar-refractivity contribution is 6.25. The van der Waals surface area contributed by atoms with Gasteiger partial charge in [-0.15, -0.1) is 6.58 Å². The molecule has 2 aliphatic heterocycles. The second kappa shape index (κ2) is 11.2.